The molecule has 0 radical (unpaired) electrons. The van der Waals surface area contributed by atoms with Crippen molar-refractivity contribution in [3.05, 3.63) is 47.8 Å². The standard InChI is InChI=1S/C15H19N3O3/c1-18-14(13(10-17-18)15(19)20)11-16-8-5-9-21-12-6-3-2-4-7-12/h2-4,6-7,10,16H,5,8-9,11H2,1H3,(H,19,20). The van der Waals surface area contributed by atoms with E-state index in [2.05, 4.69) is 10.4 Å². The summed E-state index contributed by atoms with van der Waals surface area (Å²) in [6.45, 7) is 1.84. The Hall–Kier alpha value is -2.34. The van der Waals surface area contributed by atoms with Crippen LogP contribution in [0.4, 0.5) is 0 Å². The van der Waals surface area contributed by atoms with Crippen molar-refractivity contribution >= 4 is 5.97 Å². The van der Waals surface area contributed by atoms with Crippen LogP contribution >= 0.6 is 0 Å². The van der Waals surface area contributed by atoms with Crippen LogP contribution in [0.3, 0.4) is 0 Å². The number of nitrogens with zero attached hydrogens (tertiary/aromatic N) is 2. The zero-order valence-electron chi connectivity index (χ0n) is 12.0. The van der Waals surface area contributed by atoms with E-state index in [1.165, 1.54) is 6.20 Å². The maximum atomic E-state index is 11.0. The number of aromatic carboxylic acids is 1. The van der Waals surface area contributed by atoms with Gasteiger partial charge in [-0.15, -0.1) is 0 Å². The molecule has 0 aliphatic carbocycles. The summed E-state index contributed by atoms with van der Waals surface area (Å²) in [5.74, 6) is -0.0930. The van der Waals surface area contributed by atoms with Gasteiger partial charge in [-0.2, -0.15) is 5.10 Å². The summed E-state index contributed by atoms with van der Waals surface area (Å²) in [4.78, 5) is 11.0. The lowest BCUT2D eigenvalue weighted by Crippen LogP contribution is -2.20. The molecule has 1 aromatic carbocycles. The van der Waals surface area contributed by atoms with E-state index in [1.54, 1.807) is 11.7 Å². The summed E-state index contributed by atoms with van der Waals surface area (Å²) < 4.78 is 7.16. The molecular weight excluding hydrogens is 270 g/mol. The maximum absolute atomic E-state index is 11.0. The van der Waals surface area contributed by atoms with Gasteiger partial charge in [0.05, 0.1) is 18.5 Å². The number of carbonyl (C=O) groups is 1. The first kappa shape index (κ1) is 15.1. The molecule has 0 saturated heterocycles. The third kappa shape index (κ3) is 4.32. The molecule has 1 aromatic heterocycles. The van der Waals surface area contributed by atoms with Crippen LogP contribution in [0.5, 0.6) is 5.75 Å². The number of carboxylic acid groups (broad SMARTS) is 1. The van der Waals surface area contributed by atoms with Gasteiger partial charge in [-0.05, 0) is 25.1 Å². The van der Waals surface area contributed by atoms with Gasteiger partial charge in [-0.25, -0.2) is 4.79 Å². The number of ether oxygens (including phenoxy) is 1. The first-order valence-corrected chi connectivity index (χ1v) is 6.81. The van der Waals surface area contributed by atoms with Crippen LogP contribution in [0, 0.1) is 0 Å². The van der Waals surface area contributed by atoms with E-state index in [0.29, 0.717) is 18.8 Å². The predicted octanol–water partition coefficient (Wildman–Crippen LogP) is 1.68. The minimum absolute atomic E-state index is 0.241. The molecule has 0 bridgehead atoms. The molecule has 6 heteroatoms. The molecule has 2 rings (SSSR count). The first-order chi connectivity index (χ1) is 10.2. The van der Waals surface area contributed by atoms with Crippen LogP contribution in [0.2, 0.25) is 0 Å². The van der Waals surface area contributed by atoms with Crippen molar-refractivity contribution in [2.75, 3.05) is 13.2 Å². The number of para-hydroxylation sites is 1. The van der Waals surface area contributed by atoms with Crippen LogP contribution in [-0.4, -0.2) is 34.0 Å². The third-order valence-corrected chi connectivity index (χ3v) is 3.09. The second-order valence-corrected chi connectivity index (χ2v) is 4.63. The average Bonchev–Trinajstić information content (AvgIpc) is 2.85. The fourth-order valence-corrected chi connectivity index (χ4v) is 1.96. The van der Waals surface area contributed by atoms with Gasteiger partial charge in [-0.3, -0.25) is 4.68 Å². The van der Waals surface area contributed by atoms with Crippen LogP contribution in [0.15, 0.2) is 36.5 Å². The van der Waals surface area contributed by atoms with Gasteiger partial charge in [0.1, 0.15) is 11.3 Å². The van der Waals surface area contributed by atoms with E-state index < -0.39 is 5.97 Å². The Morgan fingerprint density at radius 1 is 1.38 bits per heavy atom. The van der Waals surface area contributed by atoms with Gasteiger partial charge in [0.2, 0.25) is 0 Å². The van der Waals surface area contributed by atoms with E-state index in [9.17, 15) is 4.79 Å². The number of carboxylic acids is 1. The summed E-state index contributed by atoms with van der Waals surface area (Å²) in [5.41, 5.74) is 0.914. The Kier molecular flexibility index (Phi) is 5.34. The lowest BCUT2D eigenvalue weighted by atomic mass is 10.2. The molecule has 0 aliphatic rings. The molecule has 2 aromatic rings. The molecule has 0 aliphatic heterocycles. The molecule has 21 heavy (non-hydrogen) atoms. The SMILES string of the molecule is Cn1ncc(C(=O)O)c1CNCCCOc1ccccc1. The molecule has 0 fully saturated rings. The normalized spacial score (nSPS) is 10.5. The quantitative estimate of drug-likeness (QED) is 0.723. The smallest absolute Gasteiger partial charge is 0.339 e. The van der Waals surface area contributed by atoms with Crippen LogP contribution in [0.25, 0.3) is 0 Å². The fraction of sp³-hybridized carbons (Fsp3) is 0.333. The lowest BCUT2D eigenvalue weighted by Gasteiger charge is -2.08. The lowest BCUT2D eigenvalue weighted by molar-refractivity contribution is 0.0695. The summed E-state index contributed by atoms with van der Waals surface area (Å²) in [6.07, 6.45) is 2.22. The largest absolute Gasteiger partial charge is 0.494 e. The summed E-state index contributed by atoms with van der Waals surface area (Å²) in [6, 6.07) is 9.65. The van der Waals surface area contributed by atoms with Crippen molar-refractivity contribution in [3.8, 4) is 5.75 Å². The molecule has 0 atom stereocenters. The highest BCUT2D eigenvalue weighted by molar-refractivity contribution is 5.88. The molecule has 0 amide bonds. The molecule has 6 nitrogen and oxygen atoms in total. The molecular formula is C15H19N3O3. The second kappa shape index (κ2) is 7.44. The van der Waals surface area contributed by atoms with Crippen molar-refractivity contribution < 1.29 is 14.6 Å². The maximum Gasteiger partial charge on any atom is 0.339 e. The zero-order valence-corrected chi connectivity index (χ0v) is 12.0. The van der Waals surface area contributed by atoms with Crippen molar-refractivity contribution in [1.29, 1.82) is 0 Å². The van der Waals surface area contributed by atoms with Crippen molar-refractivity contribution in [3.63, 3.8) is 0 Å². The van der Waals surface area contributed by atoms with E-state index in [-0.39, 0.29) is 5.56 Å². The number of aryl methyl sites for hydroxylation is 1. The first-order valence-electron chi connectivity index (χ1n) is 6.81. The molecule has 112 valence electrons. The Bertz CT molecular complexity index is 581. The number of rotatable bonds is 8. The van der Waals surface area contributed by atoms with E-state index in [1.807, 2.05) is 30.3 Å². The second-order valence-electron chi connectivity index (χ2n) is 4.63. The Balaban J connectivity index is 1.68. The number of aromatic nitrogens is 2. The van der Waals surface area contributed by atoms with Gasteiger partial charge in [-0.1, -0.05) is 18.2 Å². The fourth-order valence-electron chi connectivity index (χ4n) is 1.96. The van der Waals surface area contributed by atoms with Gasteiger partial charge < -0.3 is 15.2 Å². The van der Waals surface area contributed by atoms with E-state index in [0.717, 1.165) is 18.7 Å². The molecule has 1 heterocycles. The summed E-state index contributed by atoms with van der Waals surface area (Å²) >= 11 is 0. The number of nitrogens with one attached hydrogen (secondary N) is 1. The highest BCUT2D eigenvalue weighted by atomic mass is 16.5. The Labute approximate surface area is 123 Å². The van der Waals surface area contributed by atoms with Crippen LogP contribution in [-0.2, 0) is 13.6 Å². The number of hydrogen-bond donors (Lipinski definition) is 2. The van der Waals surface area contributed by atoms with Crippen molar-refractivity contribution in [1.82, 2.24) is 15.1 Å². The highest BCUT2D eigenvalue weighted by Gasteiger charge is 2.13. The Morgan fingerprint density at radius 3 is 2.86 bits per heavy atom. The highest BCUT2D eigenvalue weighted by Crippen LogP contribution is 2.09. The monoisotopic (exact) mass is 289 g/mol. The van der Waals surface area contributed by atoms with Gasteiger partial charge in [0, 0.05) is 13.6 Å². The average molecular weight is 289 g/mol. The van der Waals surface area contributed by atoms with E-state index >= 15 is 0 Å². The van der Waals surface area contributed by atoms with Crippen molar-refractivity contribution in [2.45, 2.75) is 13.0 Å². The van der Waals surface area contributed by atoms with Gasteiger partial charge >= 0.3 is 5.97 Å². The topological polar surface area (TPSA) is 76.4 Å². The zero-order chi connectivity index (χ0) is 15.1. The number of hydrogen-bond acceptors (Lipinski definition) is 4. The number of benzene rings is 1. The van der Waals surface area contributed by atoms with E-state index in [4.69, 9.17) is 9.84 Å². The van der Waals surface area contributed by atoms with Crippen LogP contribution in [0.1, 0.15) is 22.5 Å². The molecule has 0 spiro atoms. The van der Waals surface area contributed by atoms with Gasteiger partial charge in [0.15, 0.2) is 0 Å². The minimum Gasteiger partial charge on any atom is -0.494 e. The van der Waals surface area contributed by atoms with Crippen molar-refractivity contribution in [2.24, 2.45) is 7.05 Å². The summed E-state index contributed by atoms with van der Waals surface area (Å²) in [5, 5.41) is 16.2. The third-order valence-electron chi connectivity index (χ3n) is 3.09. The van der Waals surface area contributed by atoms with Crippen LogP contribution < -0.4 is 10.1 Å². The molecule has 0 unspecified atom stereocenters. The Morgan fingerprint density at radius 2 is 2.14 bits per heavy atom. The molecule has 0 saturated carbocycles. The predicted molar refractivity (Wildman–Crippen MR) is 78.4 cm³/mol. The molecule has 2 N–H and O–H groups in total. The summed E-state index contributed by atoms with van der Waals surface area (Å²) in [7, 11) is 1.74. The minimum atomic E-state index is -0.952. The van der Waals surface area contributed by atoms with Gasteiger partial charge in [0.25, 0.3) is 0 Å².